The fourth-order valence-electron chi connectivity index (χ4n) is 8.19. The van der Waals surface area contributed by atoms with Gasteiger partial charge in [0.15, 0.2) is 6.10 Å². The number of hydrogen-bond donors (Lipinski definition) is 2. The standard InChI is InChI=1S/C38H46BrN7O5/c1-43-23-27(21-28(24-43)41-31-22-40-44(2)37(50)34(31)39)25-3-5-26(6-4-25)36(49)46-19-15-38(16-20-46)13-17-45(18-14-38)29-7-9-30(10-8-29)51-32-11-12-33(47)42-35(32)48/h3-10,22,27-28,32,41H,11-21,23-24H2,1-2H3,(H,42,47,48). The molecule has 13 heteroatoms. The van der Waals surface area contributed by atoms with Crippen molar-refractivity contribution < 1.29 is 19.1 Å². The average Bonchev–Trinajstić information content (AvgIpc) is 3.14. The van der Waals surface area contributed by atoms with E-state index in [0.29, 0.717) is 34.7 Å². The third-order valence-corrected chi connectivity index (χ3v) is 12.1. The lowest BCUT2D eigenvalue weighted by Crippen LogP contribution is -2.48. The molecule has 5 heterocycles. The number of nitrogens with one attached hydrogen (secondary N) is 2. The molecule has 3 aromatic rings. The number of halogens is 1. The molecule has 270 valence electrons. The van der Waals surface area contributed by atoms with Crippen molar-refractivity contribution in [2.45, 2.75) is 63.0 Å². The second-order valence-corrected chi connectivity index (χ2v) is 15.5. The molecule has 1 spiro atoms. The van der Waals surface area contributed by atoms with Crippen LogP contribution in [-0.4, -0.2) is 95.8 Å². The number of aromatic nitrogens is 2. The third-order valence-electron chi connectivity index (χ3n) is 11.3. The van der Waals surface area contributed by atoms with Crippen LogP contribution >= 0.6 is 15.9 Å². The second-order valence-electron chi connectivity index (χ2n) is 14.7. The number of likely N-dealkylation sites (N-methyl/N-ethyl adjacent to an activating group) is 1. The van der Waals surface area contributed by atoms with Gasteiger partial charge in [0.2, 0.25) is 5.91 Å². The van der Waals surface area contributed by atoms with Crippen molar-refractivity contribution in [3.63, 3.8) is 0 Å². The molecule has 4 saturated heterocycles. The van der Waals surface area contributed by atoms with Gasteiger partial charge in [-0.15, -0.1) is 0 Å². The van der Waals surface area contributed by atoms with Gasteiger partial charge in [-0.2, -0.15) is 5.10 Å². The minimum Gasteiger partial charge on any atom is -0.481 e. The van der Waals surface area contributed by atoms with Gasteiger partial charge in [0.05, 0.1) is 11.9 Å². The summed E-state index contributed by atoms with van der Waals surface area (Å²) in [7, 11) is 3.75. The fourth-order valence-corrected chi connectivity index (χ4v) is 8.66. The molecule has 4 aliphatic rings. The number of aryl methyl sites for hydroxylation is 1. The molecule has 0 aliphatic carbocycles. The van der Waals surface area contributed by atoms with E-state index in [9.17, 15) is 19.2 Å². The van der Waals surface area contributed by atoms with E-state index in [1.54, 1.807) is 13.2 Å². The topological polar surface area (TPSA) is 129 Å². The Morgan fingerprint density at radius 3 is 2.31 bits per heavy atom. The Bertz CT molecular complexity index is 1810. The molecule has 0 radical (unpaired) electrons. The summed E-state index contributed by atoms with van der Waals surface area (Å²) in [5, 5.41) is 10.0. The number of likely N-dealkylation sites (tertiary alicyclic amines) is 2. The maximum atomic E-state index is 13.6. The average molecular weight is 761 g/mol. The van der Waals surface area contributed by atoms with Gasteiger partial charge in [0, 0.05) is 76.5 Å². The summed E-state index contributed by atoms with van der Waals surface area (Å²) in [6.45, 7) is 5.28. The summed E-state index contributed by atoms with van der Waals surface area (Å²) in [5.74, 6) is 0.410. The highest BCUT2D eigenvalue weighted by atomic mass is 79.9. The number of nitrogens with zero attached hydrogens (tertiary/aromatic N) is 5. The van der Waals surface area contributed by atoms with E-state index < -0.39 is 6.10 Å². The number of imide groups is 1. The van der Waals surface area contributed by atoms with Gasteiger partial charge < -0.3 is 24.8 Å². The first kappa shape index (κ1) is 35.2. The van der Waals surface area contributed by atoms with E-state index in [1.807, 2.05) is 41.3 Å². The molecular formula is C38H46BrN7O5. The van der Waals surface area contributed by atoms with E-state index in [-0.39, 0.29) is 34.7 Å². The van der Waals surface area contributed by atoms with Crippen LogP contribution in [0.5, 0.6) is 5.75 Å². The van der Waals surface area contributed by atoms with Crippen LogP contribution in [0.25, 0.3) is 0 Å². The lowest BCUT2D eigenvalue weighted by molar-refractivity contribution is -0.138. The highest BCUT2D eigenvalue weighted by molar-refractivity contribution is 9.10. The Morgan fingerprint density at radius 1 is 0.941 bits per heavy atom. The summed E-state index contributed by atoms with van der Waals surface area (Å²) in [6.07, 6.45) is 6.88. The lowest BCUT2D eigenvalue weighted by atomic mass is 9.71. The predicted octanol–water partition coefficient (Wildman–Crippen LogP) is 4.15. The van der Waals surface area contributed by atoms with Gasteiger partial charge in [0.25, 0.3) is 17.4 Å². The number of ether oxygens (including phenoxy) is 1. The maximum absolute atomic E-state index is 13.6. The van der Waals surface area contributed by atoms with E-state index in [2.05, 4.69) is 60.6 Å². The predicted molar refractivity (Wildman–Crippen MR) is 198 cm³/mol. The van der Waals surface area contributed by atoms with Crippen molar-refractivity contribution in [2.24, 2.45) is 12.5 Å². The van der Waals surface area contributed by atoms with Crippen LogP contribution in [-0.2, 0) is 16.6 Å². The quantitative estimate of drug-likeness (QED) is 0.342. The highest BCUT2D eigenvalue weighted by Gasteiger charge is 2.39. The smallest absolute Gasteiger partial charge is 0.282 e. The first-order valence-electron chi connectivity index (χ1n) is 18.0. The number of rotatable bonds is 7. The Labute approximate surface area is 306 Å². The first-order valence-corrected chi connectivity index (χ1v) is 18.8. The van der Waals surface area contributed by atoms with E-state index in [4.69, 9.17) is 4.74 Å². The number of amides is 3. The molecule has 7 rings (SSSR count). The molecule has 12 nitrogen and oxygen atoms in total. The van der Waals surface area contributed by atoms with Crippen LogP contribution in [0.15, 0.2) is 64.0 Å². The first-order chi connectivity index (χ1) is 24.6. The number of benzene rings is 2. The molecule has 4 aliphatic heterocycles. The Morgan fingerprint density at radius 2 is 1.63 bits per heavy atom. The molecule has 0 bridgehead atoms. The molecule has 51 heavy (non-hydrogen) atoms. The zero-order chi connectivity index (χ0) is 35.7. The number of piperidine rings is 4. The van der Waals surface area contributed by atoms with Crippen molar-refractivity contribution >= 4 is 45.0 Å². The summed E-state index contributed by atoms with van der Waals surface area (Å²) in [4.78, 5) is 56.1. The number of carbonyl (C=O) groups excluding carboxylic acids is 3. The van der Waals surface area contributed by atoms with Gasteiger partial charge in [-0.3, -0.25) is 24.5 Å². The molecular weight excluding hydrogens is 714 g/mol. The van der Waals surface area contributed by atoms with E-state index in [0.717, 1.165) is 82.6 Å². The zero-order valence-electron chi connectivity index (χ0n) is 29.3. The highest BCUT2D eigenvalue weighted by Crippen LogP contribution is 2.42. The van der Waals surface area contributed by atoms with Crippen molar-refractivity contribution in [1.82, 2.24) is 24.9 Å². The molecule has 4 fully saturated rings. The molecule has 3 unspecified atom stereocenters. The molecule has 3 amide bonds. The lowest BCUT2D eigenvalue weighted by Gasteiger charge is -2.47. The monoisotopic (exact) mass is 759 g/mol. The van der Waals surface area contributed by atoms with E-state index >= 15 is 0 Å². The van der Waals surface area contributed by atoms with Crippen LogP contribution < -0.4 is 25.8 Å². The summed E-state index contributed by atoms with van der Waals surface area (Å²) in [5.41, 5.74) is 3.89. The molecule has 2 aromatic carbocycles. The molecule has 0 saturated carbocycles. The summed E-state index contributed by atoms with van der Waals surface area (Å²) < 4.78 is 7.65. The molecule has 2 N–H and O–H groups in total. The fraction of sp³-hybridized carbons (Fsp3) is 0.500. The number of carbonyl (C=O) groups is 3. The van der Waals surface area contributed by atoms with Crippen molar-refractivity contribution in [3.05, 3.63) is 80.7 Å². The second kappa shape index (κ2) is 14.8. The zero-order valence-corrected chi connectivity index (χ0v) is 30.9. The number of anilines is 2. The Kier molecular flexibility index (Phi) is 10.2. The Hall–Kier alpha value is -4.23. The van der Waals surface area contributed by atoms with Crippen molar-refractivity contribution in [3.8, 4) is 5.75 Å². The molecule has 3 atom stereocenters. The van der Waals surface area contributed by atoms with Gasteiger partial charge in [-0.25, -0.2) is 4.68 Å². The summed E-state index contributed by atoms with van der Waals surface area (Å²) >= 11 is 3.43. The normalized spacial score (nSPS) is 23.9. The van der Waals surface area contributed by atoms with Crippen molar-refractivity contribution in [1.29, 1.82) is 0 Å². The van der Waals surface area contributed by atoms with Gasteiger partial charge in [-0.1, -0.05) is 12.1 Å². The largest absolute Gasteiger partial charge is 0.481 e. The van der Waals surface area contributed by atoms with Crippen LogP contribution in [0, 0.1) is 5.41 Å². The van der Waals surface area contributed by atoms with Crippen molar-refractivity contribution in [2.75, 3.05) is 56.5 Å². The maximum Gasteiger partial charge on any atom is 0.282 e. The van der Waals surface area contributed by atoms with Crippen LogP contribution in [0.2, 0.25) is 0 Å². The van der Waals surface area contributed by atoms with Crippen LogP contribution in [0.3, 0.4) is 0 Å². The van der Waals surface area contributed by atoms with E-state index in [1.165, 1.54) is 10.2 Å². The van der Waals surface area contributed by atoms with Gasteiger partial charge in [0.1, 0.15) is 10.2 Å². The Balaban J connectivity index is 0.887. The minimum absolute atomic E-state index is 0.108. The third kappa shape index (κ3) is 7.84. The minimum atomic E-state index is -0.636. The SMILES string of the molecule is CN1CC(Nc2cnn(C)c(=O)c2Br)CC(c2ccc(C(=O)N3CCC4(CC3)CCN(c3ccc(OC5CCC(=O)NC5=O)cc3)CC4)cc2)C1. The van der Waals surface area contributed by atoms with Crippen LogP contribution in [0.1, 0.15) is 66.8 Å². The number of hydrogen-bond acceptors (Lipinski definition) is 9. The van der Waals surface area contributed by atoms with Gasteiger partial charge in [-0.05, 0) is 108 Å². The van der Waals surface area contributed by atoms with Gasteiger partial charge >= 0.3 is 0 Å². The summed E-state index contributed by atoms with van der Waals surface area (Å²) in [6, 6.07) is 16.2. The van der Waals surface area contributed by atoms with Crippen LogP contribution in [0.4, 0.5) is 11.4 Å². The molecule has 1 aromatic heterocycles.